The lowest BCUT2D eigenvalue weighted by atomic mass is 9.76. The van der Waals surface area contributed by atoms with Gasteiger partial charge in [-0.2, -0.15) is 0 Å². The summed E-state index contributed by atoms with van der Waals surface area (Å²) >= 11 is 6.21. The smallest absolute Gasteiger partial charge is 0.250 e. The number of imide groups is 1. The van der Waals surface area contributed by atoms with Crippen LogP contribution in [0.1, 0.15) is 17.5 Å². The molecule has 2 aromatic carbocycles. The van der Waals surface area contributed by atoms with Crippen LogP contribution in [0, 0.1) is 11.8 Å². The van der Waals surface area contributed by atoms with Gasteiger partial charge >= 0.3 is 0 Å². The molecule has 9 nitrogen and oxygen atoms in total. The molecule has 1 spiro atoms. The fourth-order valence-electron chi connectivity index (χ4n) is 5.29. The lowest BCUT2D eigenvalue weighted by Gasteiger charge is -2.29. The second kappa shape index (κ2) is 7.57. The maximum absolute atomic E-state index is 13.7. The lowest BCUT2D eigenvalue weighted by molar-refractivity contribution is -0.143. The van der Waals surface area contributed by atoms with Crippen LogP contribution in [-0.4, -0.2) is 41.7 Å². The first-order valence-electron chi connectivity index (χ1n) is 10.4. The Kier molecular flexibility index (Phi) is 4.91. The van der Waals surface area contributed by atoms with E-state index in [9.17, 15) is 19.2 Å². The number of nitrogens with zero attached hydrogens (tertiary/aromatic N) is 1. The molecular formula is C23H21ClN4O5. The number of methoxy groups -OCH3 is 1. The van der Waals surface area contributed by atoms with E-state index in [1.165, 1.54) is 0 Å². The zero-order chi connectivity index (χ0) is 23.5. The SMILES string of the molecule is COc1ccc(CN2C(=O)C3C(CC(N)=O)NC4(C(=O)Nc5ccc(Cl)cc54)C3C2=O)cc1. The summed E-state index contributed by atoms with van der Waals surface area (Å²) < 4.78 is 5.16. The number of nitrogens with one attached hydrogen (secondary N) is 2. The Labute approximate surface area is 194 Å². The summed E-state index contributed by atoms with van der Waals surface area (Å²) in [5, 5.41) is 6.30. The minimum atomic E-state index is -1.52. The molecule has 5 rings (SSSR count). The van der Waals surface area contributed by atoms with Crippen LogP contribution in [0.15, 0.2) is 42.5 Å². The van der Waals surface area contributed by atoms with E-state index in [2.05, 4.69) is 10.6 Å². The maximum Gasteiger partial charge on any atom is 0.250 e. The molecule has 3 aliphatic heterocycles. The van der Waals surface area contributed by atoms with E-state index in [4.69, 9.17) is 22.1 Å². The third kappa shape index (κ3) is 3.11. The lowest BCUT2D eigenvalue weighted by Crippen LogP contribution is -2.53. The second-order valence-corrected chi connectivity index (χ2v) is 8.92. The van der Waals surface area contributed by atoms with Gasteiger partial charge in [0.25, 0.3) is 0 Å². The van der Waals surface area contributed by atoms with E-state index in [-0.39, 0.29) is 13.0 Å². The number of rotatable bonds is 5. The van der Waals surface area contributed by atoms with E-state index in [1.807, 2.05) is 0 Å². The van der Waals surface area contributed by atoms with Crippen LogP contribution in [0.5, 0.6) is 5.75 Å². The van der Waals surface area contributed by atoms with Gasteiger partial charge in [0.05, 0.1) is 25.5 Å². The summed E-state index contributed by atoms with van der Waals surface area (Å²) in [6.07, 6.45) is -0.193. The second-order valence-electron chi connectivity index (χ2n) is 8.49. The zero-order valence-corrected chi connectivity index (χ0v) is 18.4. The van der Waals surface area contributed by atoms with Crippen LogP contribution < -0.4 is 21.1 Å². The summed E-state index contributed by atoms with van der Waals surface area (Å²) in [5.74, 6) is -3.33. The molecule has 0 aliphatic carbocycles. The van der Waals surface area contributed by atoms with Crippen molar-refractivity contribution in [1.29, 1.82) is 0 Å². The fourth-order valence-corrected chi connectivity index (χ4v) is 5.47. The van der Waals surface area contributed by atoms with E-state index in [0.29, 0.717) is 22.0 Å². The number of hydrogen-bond donors (Lipinski definition) is 3. The molecule has 4 N–H and O–H groups in total. The molecule has 0 aromatic heterocycles. The van der Waals surface area contributed by atoms with Gasteiger partial charge in [0.15, 0.2) is 0 Å². The fraction of sp³-hybridized carbons (Fsp3) is 0.304. The van der Waals surface area contributed by atoms with Gasteiger partial charge in [-0.1, -0.05) is 23.7 Å². The van der Waals surface area contributed by atoms with Crippen LogP contribution in [0.2, 0.25) is 5.02 Å². The first-order valence-corrected chi connectivity index (χ1v) is 10.8. The normalized spacial score (nSPS) is 27.6. The van der Waals surface area contributed by atoms with Crippen molar-refractivity contribution >= 4 is 40.9 Å². The number of ether oxygens (including phenoxy) is 1. The molecule has 2 aromatic rings. The highest BCUT2D eigenvalue weighted by Gasteiger charge is 2.70. The van der Waals surface area contributed by atoms with Gasteiger partial charge < -0.3 is 15.8 Å². The summed E-state index contributed by atoms with van der Waals surface area (Å²) in [6, 6.07) is 11.1. The first kappa shape index (κ1) is 21.4. The van der Waals surface area contributed by atoms with E-state index in [0.717, 1.165) is 10.5 Å². The number of carbonyl (C=O) groups excluding carboxylic acids is 4. The molecule has 0 bridgehead atoms. The molecule has 0 saturated carbocycles. The van der Waals surface area contributed by atoms with Crippen LogP contribution in [0.25, 0.3) is 0 Å². The highest BCUT2D eigenvalue weighted by molar-refractivity contribution is 6.31. The molecule has 3 heterocycles. The Morgan fingerprint density at radius 1 is 1.15 bits per heavy atom. The topological polar surface area (TPSA) is 131 Å². The van der Waals surface area contributed by atoms with Crippen molar-refractivity contribution in [3.8, 4) is 5.75 Å². The van der Waals surface area contributed by atoms with Crippen LogP contribution in [0.4, 0.5) is 5.69 Å². The number of halogens is 1. The predicted octanol–water partition coefficient (Wildman–Crippen LogP) is 1.14. The van der Waals surface area contributed by atoms with Crippen LogP contribution in [0.3, 0.4) is 0 Å². The van der Waals surface area contributed by atoms with Gasteiger partial charge in [0.2, 0.25) is 23.6 Å². The van der Waals surface area contributed by atoms with Gasteiger partial charge in [-0.15, -0.1) is 0 Å². The van der Waals surface area contributed by atoms with E-state index < -0.39 is 47.0 Å². The van der Waals surface area contributed by atoms with E-state index in [1.54, 1.807) is 49.6 Å². The number of benzene rings is 2. The Bertz CT molecular complexity index is 1200. The third-order valence-electron chi connectivity index (χ3n) is 6.69. The molecule has 0 radical (unpaired) electrons. The number of primary amides is 1. The number of anilines is 1. The third-order valence-corrected chi connectivity index (χ3v) is 6.92. The Hall–Kier alpha value is -3.43. The van der Waals surface area contributed by atoms with Crippen molar-refractivity contribution in [1.82, 2.24) is 10.2 Å². The van der Waals surface area contributed by atoms with Crippen molar-refractivity contribution in [2.24, 2.45) is 17.6 Å². The maximum atomic E-state index is 13.7. The highest BCUT2D eigenvalue weighted by atomic mass is 35.5. The molecule has 4 atom stereocenters. The minimum absolute atomic E-state index is 0.0397. The van der Waals surface area contributed by atoms with Gasteiger partial charge in [-0.3, -0.25) is 29.4 Å². The monoisotopic (exact) mass is 468 g/mol. The summed E-state index contributed by atoms with van der Waals surface area (Å²) in [6.45, 7) is 0.0397. The van der Waals surface area contributed by atoms with Gasteiger partial charge in [-0.05, 0) is 35.9 Å². The molecule has 4 unspecified atom stereocenters. The number of fused-ring (bicyclic) bond motifs is 4. The van der Waals surface area contributed by atoms with Crippen molar-refractivity contribution in [3.63, 3.8) is 0 Å². The summed E-state index contributed by atoms with van der Waals surface area (Å²) in [5.41, 5.74) is 5.63. The zero-order valence-electron chi connectivity index (χ0n) is 17.6. The summed E-state index contributed by atoms with van der Waals surface area (Å²) in [7, 11) is 1.55. The van der Waals surface area contributed by atoms with E-state index >= 15 is 0 Å². The van der Waals surface area contributed by atoms with Crippen molar-refractivity contribution < 1.29 is 23.9 Å². The Balaban J connectivity index is 1.57. The van der Waals surface area contributed by atoms with Crippen molar-refractivity contribution in [2.75, 3.05) is 12.4 Å². The molecule has 4 amide bonds. The Morgan fingerprint density at radius 2 is 1.88 bits per heavy atom. The highest BCUT2D eigenvalue weighted by Crippen LogP contribution is 2.53. The molecule has 2 saturated heterocycles. The molecule has 2 fully saturated rings. The quantitative estimate of drug-likeness (QED) is 0.564. The largest absolute Gasteiger partial charge is 0.497 e. The predicted molar refractivity (Wildman–Crippen MR) is 118 cm³/mol. The van der Waals surface area contributed by atoms with Crippen LogP contribution in [-0.2, 0) is 31.3 Å². The standard InChI is InChI=1S/C23H21ClN4O5/c1-33-13-5-2-11(3-6-13)10-28-20(30)18-16(9-17(25)29)27-23(19(18)21(28)31)14-8-12(24)4-7-15(14)26-22(23)32/h2-8,16,18-19,27H,9-10H2,1H3,(H2,25,29)(H,26,32). The number of nitrogens with two attached hydrogens (primary N) is 1. The molecule has 10 heteroatoms. The van der Waals surface area contributed by atoms with Crippen molar-refractivity contribution in [2.45, 2.75) is 24.5 Å². The summed E-state index contributed by atoms with van der Waals surface area (Å²) in [4.78, 5) is 53.4. The van der Waals surface area contributed by atoms with Gasteiger partial charge in [0.1, 0.15) is 11.3 Å². The molecule has 170 valence electrons. The molecule has 3 aliphatic rings. The Morgan fingerprint density at radius 3 is 2.55 bits per heavy atom. The van der Waals surface area contributed by atoms with Gasteiger partial charge in [0, 0.05) is 28.7 Å². The number of amides is 4. The van der Waals surface area contributed by atoms with Crippen LogP contribution >= 0.6 is 11.6 Å². The average molecular weight is 469 g/mol. The minimum Gasteiger partial charge on any atom is -0.497 e. The molecule has 33 heavy (non-hydrogen) atoms. The number of likely N-dealkylation sites (tertiary alicyclic amines) is 1. The van der Waals surface area contributed by atoms with Crippen molar-refractivity contribution in [3.05, 3.63) is 58.6 Å². The average Bonchev–Trinajstić information content (AvgIpc) is 3.34. The number of hydrogen-bond acceptors (Lipinski definition) is 6. The number of carbonyl (C=O) groups is 4. The first-order chi connectivity index (χ1) is 15.8. The van der Waals surface area contributed by atoms with Gasteiger partial charge in [-0.25, -0.2) is 0 Å². The molecular weight excluding hydrogens is 448 g/mol.